The van der Waals surface area contributed by atoms with Gasteiger partial charge >= 0.3 is 0 Å². The first-order chi connectivity index (χ1) is 8.65. The number of rotatable bonds is 7. The Hall–Kier alpha value is -1.26. The number of hydrogen-bond donors (Lipinski definition) is 2. The van der Waals surface area contributed by atoms with Crippen LogP contribution in [0.2, 0.25) is 5.02 Å². The number of benzene rings is 1. The molecule has 5 heteroatoms. The summed E-state index contributed by atoms with van der Waals surface area (Å²) in [4.78, 5) is 11.7. The van der Waals surface area contributed by atoms with E-state index in [9.17, 15) is 9.90 Å². The summed E-state index contributed by atoms with van der Waals surface area (Å²) >= 11 is 5.76. The molecule has 0 saturated heterocycles. The third-order valence-electron chi connectivity index (χ3n) is 2.38. The van der Waals surface area contributed by atoms with Gasteiger partial charge in [0.25, 0.3) is 5.91 Å². The lowest BCUT2D eigenvalue weighted by Crippen LogP contribution is -2.27. The zero-order valence-electron chi connectivity index (χ0n) is 10.4. The fourth-order valence-corrected chi connectivity index (χ4v) is 1.54. The van der Waals surface area contributed by atoms with Gasteiger partial charge in [0.2, 0.25) is 0 Å². The SMILES string of the molecule is CCCCOCCNC(=O)c1cc(Cl)ccc1O. The van der Waals surface area contributed by atoms with Crippen LogP contribution in [0.3, 0.4) is 0 Å². The van der Waals surface area contributed by atoms with Crippen LogP contribution >= 0.6 is 11.6 Å². The maximum absolute atomic E-state index is 11.7. The van der Waals surface area contributed by atoms with E-state index in [0.29, 0.717) is 24.8 Å². The van der Waals surface area contributed by atoms with Crippen LogP contribution in [0.25, 0.3) is 0 Å². The van der Waals surface area contributed by atoms with Gasteiger partial charge in [-0.1, -0.05) is 24.9 Å². The van der Waals surface area contributed by atoms with E-state index >= 15 is 0 Å². The second kappa shape index (κ2) is 7.95. The Kier molecular flexibility index (Phi) is 6.54. The molecule has 0 aliphatic heterocycles. The molecule has 0 unspecified atom stereocenters. The van der Waals surface area contributed by atoms with Gasteiger partial charge in [0.15, 0.2) is 0 Å². The van der Waals surface area contributed by atoms with Crippen molar-refractivity contribution in [2.75, 3.05) is 19.8 Å². The molecule has 18 heavy (non-hydrogen) atoms. The molecule has 0 saturated carbocycles. The zero-order chi connectivity index (χ0) is 13.4. The van der Waals surface area contributed by atoms with Crippen LogP contribution in [-0.2, 0) is 4.74 Å². The molecular formula is C13H18ClNO3. The summed E-state index contributed by atoms with van der Waals surface area (Å²) in [5.74, 6) is -0.433. The summed E-state index contributed by atoms with van der Waals surface area (Å²) in [6, 6.07) is 4.36. The van der Waals surface area contributed by atoms with Crippen molar-refractivity contribution >= 4 is 17.5 Å². The number of ether oxygens (including phenoxy) is 1. The average Bonchev–Trinajstić information content (AvgIpc) is 2.36. The van der Waals surface area contributed by atoms with Gasteiger partial charge in [-0.2, -0.15) is 0 Å². The Morgan fingerprint density at radius 3 is 2.94 bits per heavy atom. The lowest BCUT2D eigenvalue weighted by atomic mass is 10.2. The molecule has 0 spiro atoms. The monoisotopic (exact) mass is 271 g/mol. The van der Waals surface area contributed by atoms with Crippen LogP contribution in [0, 0.1) is 0 Å². The Labute approximate surface area is 112 Å². The fourth-order valence-electron chi connectivity index (χ4n) is 1.37. The normalized spacial score (nSPS) is 10.3. The summed E-state index contributed by atoms with van der Waals surface area (Å²) in [6.07, 6.45) is 2.10. The van der Waals surface area contributed by atoms with Crippen LogP contribution in [0.1, 0.15) is 30.1 Å². The van der Waals surface area contributed by atoms with E-state index in [1.807, 2.05) is 0 Å². The van der Waals surface area contributed by atoms with Crippen LogP contribution in [0.5, 0.6) is 5.75 Å². The van der Waals surface area contributed by atoms with Crippen LogP contribution in [0.4, 0.5) is 0 Å². The summed E-state index contributed by atoms with van der Waals surface area (Å²) in [5.41, 5.74) is 0.177. The van der Waals surface area contributed by atoms with Gasteiger partial charge in [-0.15, -0.1) is 0 Å². The molecule has 0 aliphatic carbocycles. The molecule has 2 N–H and O–H groups in total. The zero-order valence-corrected chi connectivity index (χ0v) is 11.2. The summed E-state index contributed by atoms with van der Waals surface area (Å²) in [7, 11) is 0. The minimum absolute atomic E-state index is 0.0798. The second-order valence-corrected chi connectivity index (χ2v) is 4.32. The quantitative estimate of drug-likeness (QED) is 0.750. The molecule has 0 bridgehead atoms. The minimum Gasteiger partial charge on any atom is -0.507 e. The number of hydrogen-bond acceptors (Lipinski definition) is 3. The van der Waals surface area contributed by atoms with Gasteiger partial charge in [0, 0.05) is 18.2 Å². The van der Waals surface area contributed by atoms with E-state index in [4.69, 9.17) is 16.3 Å². The first kappa shape index (κ1) is 14.8. The number of unbranched alkanes of at least 4 members (excludes halogenated alkanes) is 1. The van der Waals surface area contributed by atoms with Gasteiger partial charge in [0.05, 0.1) is 12.2 Å². The molecule has 1 amide bonds. The van der Waals surface area contributed by atoms with Crippen molar-refractivity contribution in [3.8, 4) is 5.75 Å². The van der Waals surface area contributed by atoms with Gasteiger partial charge in [-0.25, -0.2) is 0 Å². The number of nitrogens with one attached hydrogen (secondary N) is 1. The summed E-state index contributed by atoms with van der Waals surface area (Å²) < 4.78 is 5.31. The number of phenolic OH excluding ortho intramolecular Hbond substituents is 1. The van der Waals surface area contributed by atoms with Crippen molar-refractivity contribution in [3.05, 3.63) is 28.8 Å². The highest BCUT2D eigenvalue weighted by Crippen LogP contribution is 2.21. The largest absolute Gasteiger partial charge is 0.507 e. The van der Waals surface area contributed by atoms with E-state index in [0.717, 1.165) is 12.8 Å². The van der Waals surface area contributed by atoms with E-state index in [1.165, 1.54) is 18.2 Å². The molecular weight excluding hydrogens is 254 g/mol. The van der Waals surface area contributed by atoms with Crippen molar-refractivity contribution in [1.29, 1.82) is 0 Å². The fraction of sp³-hybridized carbons (Fsp3) is 0.462. The smallest absolute Gasteiger partial charge is 0.255 e. The lowest BCUT2D eigenvalue weighted by Gasteiger charge is -2.07. The van der Waals surface area contributed by atoms with E-state index in [-0.39, 0.29) is 17.2 Å². The number of halogens is 1. The maximum Gasteiger partial charge on any atom is 0.255 e. The second-order valence-electron chi connectivity index (χ2n) is 3.88. The molecule has 100 valence electrons. The highest BCUT2D eigenvalue weighted by Gasteiger charge is 2.10. The third-order valence-corrected chi connectivity index (χ3v) is 2.61. The van der Waals surface area contributed by atoms with Crippen molar-refractivity contribution < 1.29 is 14.6 Å². The first-order valence-electron chi connectivity index (χ1n) is 5.99. The highest BCUT2D eigenvalue weighted by molar-refractivity contribution is 6.31. The third kappa shape index (κ3) is 4.94. The summed E-state index contributed by atoms with van der Waals surface area (Å²) in [6.45, 7) is 3.67. The van der Waals surface area contributed by atoms with Crippen molar-refractivity contribution in [3.63, 3.8) is 0 Å². The molecule has 0 heterocycles. The average molecular weight is 272 g/mol. The highest BCUT2D eigenvalue weighted by atomic mass is 35.5. The van der Waals surface area contributed by atoms with E-state index in [2.05, 4.69) is 12.2 Å². The minimum atomic E-state index is -0.353. The molecule has 0 atom stereocenters. The topological polar surface area (TPSA) is 58.6 Å². The predicted molar refractivity (Wildman–Crippen MR) is 71.2 cm³/mol. The molecule has 4 nitrogen and oxygen atoms in total. The molecule has 0 aliphatic rings. The predicted octanol–water partition coefficient (Wildman–Crippen LogP) is 2.59. The number of amides is 1. The Balaban J connectivity index is 2.34. The van der Waals surface area contributed by atoms with Gasteiger partial charge < -0.3 is 15.2 Å². The van der Waals surface area contributed by atoms with Crippen molar-refractivity contribution in [2.45, 2.75) is 19.8 Å². The lowest BCUT2D eigenvalue weighted by molar-refractivity contribution is 0.0910. The van der Waals surface area contributed by atoms with E-state index in [1.54, 1.807) is 0 Å². The van der Waals surface area contributed by atoms with Crippen molar-refractivity contribution in [2.24, 2.45) is 0 Å². The Bertz CT molecular complexity index is 396. The first-order valence-corrected chi connectivity index (χ1v) is 6.37. The molecule has 0 fully saturated rings. The van der Waals surface area contributed by atoms with Gasteiger partial charge in [-0.3, -0.25) is 4.79 Å². The van der Waals surface area contributed by atoms with Gasteiger partial charge in [0.1, 0.15) is 5.75 Å². The van der Waals surface area contributed by atoms with E-state index < -0.39 is 0 Å². The van der Waals surface area contributed by atoms with Crippen LogP contribution in [0.15, 0.2) is 18.2 Å². The number of carbonyl (C=O) groups is 1. The molecule has 0 radical (unpaired) electrons. The maximum atomic E-state index is 11.7. The van der Waals surface area contributed by atoms with Crippen LogP contribution < -0.4 is 5.32 Å². The standard InChI is InChI=1S/C13H18ClNO3/c1-2-3-7-18-8-6-15-13(17)11-9-10(14)4-5-12(11)16/h4-5,9,16H,2-3,6-8H2,1H3,(H,15,17). The number of carbonyl (C=O) groups excluding carboxylic acids is 1. The molecule has 1 rings (SSSR count). The number of phenols is 1. The number of aromatic hydroxyl groups is 1. The summed E-state index contributed by atoms with van der Waals surface area (Å²) in [5, 5.41) is 12.6. The molecule has 0 aromatic heterocycles. The van der Waals surface area contributed by atoms with Crippen LogP contribution in [-0.4, -0.2) is 30.8 Å². The Morgan fingerprint density at radius 1 is 1.44 bits per heavy atom. The molecule has 1 aromatic rings. The molecule has 1 aromatic carbocycles. The van der Waals surface area contributed by atoms with Gasteiger partial charge in [-0.05, 0) is 24.6 Å². The van der Waals surface area contributed by atoms with Crippen molar-refractivity contribution in [1.82, 2.24) is 5.32 Å². The Morgan fingerprint density at radius 2 is 2.22 bits per heavy atom.